The molecule has 144 valence electrons. The predicted octanol–water partition coefficient (Wildman–Crippen LogP) is 6.04. The van der Waals surface area contributed by atoms with E-state index in [4.69, 9.17) is 32.4 Å². The number of hydrogen-bond acceptors (Lipinski definition) is 6. The highest BCUT2D eigenvalue weighted by atomic mass is 35.5. The lowest BCUT2D eigenvalue weighted by Gasteiger charge is -2.18. The zero-order valence-corrected chi connectivity index (χ0v) is 17.8. The van der Waals surface area contributed by atoms with Crippen LogP contribution in [0.5, 0.6) is 5.75 Å². The third kappa shape index (κ3) is 3.89. The summed E-state index contributed by atoms with van der Waals surface area (Å²) in [7, 11) is 1.58. The molecule has 1 aromatic carbocycles. The number of halogens is 2. The number of hydrogen-bond donors (Lipinski definition) is 0. The number of thiazole rings is 1. The summed E-state index contributed by atoms with van der Waals surface area (Å²) in [5.74, 6) is 1.16. The molecule has 0 saturated heterocycles. The van der Waals surface area contributed by atoms with Crippen LogP contribution in [0.1, 0.15) is 10.6 Å². The largest absolute Gasteiger partial charge is 0.494 e. The van der Waals surface area contributed by atoms with Crippen molar-refractivity contribution in [3.8, 4) is 5.75 Å². The van der Waals surface area contributed by atoms with Crippen LogP contribution in [-0.2, 0) is 17.8 Å². The summed E-state index contributed by atoms with van der Waals surface area (Å²) in [5, 5.41) is 1.10. The van der Waals surface area contributed by atoms with E-state index in [1.54, 1.807) is 42.5 Å². The molecule has 0 aliphatic rings. The maximum Gasteiger partial charge on any atom is 0.234 e. The fraction of sp³-hybridized carbons (Fsp3) is 0.158. The Kier molecular flexibility index (Phi) is 5.59. The first-order valence-corrected chi connectivity index (χ1v) is 10.6. The molecule has 3 heterocycles. The highest BCUT2D eigenvalue weighted by Crippen LogP contribution is 2.39. The molecule has 1 amide bonds. The van der Waals surface area contributed by atoms with Gasteiger partial charge in [-0.1, -0.05) is 34.5 Å². The fourth-order valence-corrected chi connectivity index (χ4v) is 5.08. The molecule has 9 heteroatoms. The van der Waals surface area contributed by atoms with Crippen LogP contribution in [-0.4, -0.2) is 18.0 Å². The van der Waals surface area contributed by atoms with Gasteiger partial charge in [0.15, 0.2) is 5.13 Å². The van der Waals surface area contributed by atoms with Crippen molar-refractivity contribution in [1.29, 1.82) is 0 Å². The number of benzene rings is 1. The Morgan fingerprint density at radius 3 is 2.75 bits per heavy atom. The first-order valence-electron chi connectivity index (χ1n) is 8.25. The molecule has 0 spiro atoms. The van der Waals surface area contributed by atoms with Gasteiger partial charge in [0.05, 0.1) is 40.4 Å². The van der Waals surface area contributed by atoms with Gasteiger partial charge in [0.2, 0.25) is 5.91 Å². The Morgan fingerprint density at radius 2 is 2.07 bits per heavy atom. The van der Waals surface area contributed by atoms with Crippen LogP contribution in [0.2, 0.25) is 9.36 Å². The number of aromatic nitrogens is 1. The van der Waals surface area contributed by atoms with Crippen LogP contribution in [0.3, 0.4) is 0 Å². The van der Waals surface area contributed by atoms with E-state index >= 15 is 0 Å². The molecule has 0 atom stereocenters. The molecule has 0 unspecified atom stereocenters. The topological polar surface area (TPSA) is 55.6 Å². The molecule has 0 bridgehead atoms. The summed E-state index contributed by atoms with van der Waals surface area (Å²) in [5.41, 5.74) is 0.631. The van der Waals surface area contributed by atoms with Crippen molar-refractivity contribution in [3.05, 3.63) is 62.7 Å². The number of fused-ring (bicyclic) bond motifs is 1. The number of rotatable bonds is 6. The second-order valence-corrected chi connectivity index (χ2v) is 9.05. The zero-order valence-electron chi connectivity index (χ0n) is 14.6. The lowest BCUT2D eigenvalue weighted by molar-refractivity contribution is -0.118. The van der Waals surface area contributed by atoms with Gasteiger partial charge in [-0.05, 0) is 36.4 Å². The molecule has 4 rings (SSSR count). The summed E-state index contributed by atoms with van der Waals surface area (Å²) < 4.78 is 12.3. The highest BCUT2D eigenvalue weighted by molar-refractivity contribution is 7.23. The minimum atomic E-state index is -0.107. The van der Waals surface area contributed by atoms with Crippen LogP contribution < -0.4 is 9.64 Å². The van der Waals surface area contributed by atoms with Gasteiger partial charge in [-0.3, -0.25) is 9.69 Å². The highest BCUT2D eigenvalue weighted by Gasteiger charge is 2.24. The van der Waals surface area contributed by atoms with Crippen molar-refractivity contribution < 1.29 is 13.9 Å². The molecule has 0 fully saturated rings. The Morgan fingerprint density at radius 1 is 1.21 bits per heavy atom. The number of carbonyl (C=O) groups is 1. The van der Waals surface area contributed by atoms with Crippen molar-refractivity contribution in [2.24, 2.45) is 0 Å². The van der Waals surface area contributed by atoms with Crippen LogP contribution in [0.15, 0.2) is 47.1 Å². The van der Waals surface area contributed by atoms with E-state index in [2.05, 4.69) is 4.98 Å². The Labute approximate surface area is 179 Å². The Hall–Kier alpha value is -2.06. The number of furan rings is 1. The molecule has 0 radical (unpaired) electrons. The van der Waals surface area contributed by atoms with E-state index in [1.165, 1.54) is 22.7 Å². The Bertz CT molecular complexity index is 1120. The van der Waals surface area contributed by atoms with E-state index in [1.807, 2.05) is 12.1 Å². The Balaban J connectivity index is 1.73. The average molecular weight is 453 g/mol. The number of ether oxygens (including phenoxy) is 1. The predicted molar refractivity (Wildman–Crippen MR) is 114 cm³/mol. The molecular weight excluding hydrogens is 439 g/mol. The number of methoxy groups -OCH3 is 1. The number of thiophene rings is 1. The van der Waals surface area contributed by atoms with Gasteiger partial charge in [0.1, 0.15) is 17.0 Å². The quantitative estimate of drug-likeness (QED) is 0.357. The second-order valence-electron chi connectivity index (χ2n) is 5.87. The summed E-state index contributed by atoms with van der Waals surface area (Å²) in [6, 6.07) is 10.8. The number of anilines is 1. The van der Waals surface area contributed by atoms with Gasteiger partial charge in [0.25, 0.3) is 0 Å². The van der Waals surface area contributed by atoms with Crippen molar-refractivity contribution in [2.75, 3.05) is 12.0 Å². The standard InChI is InChI=1S/C19H14Cl2N2O3S2/c1-25-14-6-5-13(20)18-17(14)22-19(28-18)23(10-11-3-2-8-26-11)16(24)9-12-4-7-15(21)27-12/h2-8H,9-10H2,1H3. The SMILES string of the molecule is COc1ccc(Cl)c2sc(N(Cc3ccco3)C(=O)Cc3ccc(Cl)s3)nc12. The van der Waals surface area contributed by atoms with Crippen LogP contribution in [0.4, 0.5) is 5.13 Å². The normalized spacial score (nSPS) is 11.1. The van der Waals surface area contributed by atoms with Crippen molar-refractivity contribution in [1.82, 2.24) is 4.98 Å². The van der Waals surface area contributed by atoms with Crippen molar-refractivity contribution >= 4 is 67.1 Å². The van der Waals surface area contributed by atoms with Gasteiger partial charge >= 0.3 is 0 Å². The maximum atomic E-state index is 13.1. The first-order chi connectivity index (χ1) is 13.5. The molecule has 0 saturated carbocycles. The van der Waals surface area contributed by atoms with Crippen LogP contribution in [0, 0.1) is 0 Å². The van der Waals surface area contributed by atoms with E-state index in [-0.39, 0.29) is 18.9 Å². The molecule has 0 N–H and O–H groups in total. The third-order valence-corrected chi connectivity index (χ3v) is 6.82. The minimum absolute atomic E-state index is 0.107. The number of carbonyl (C=O) groups excluding carboxylic acids is 1. The lowest BCUT2D eigenvalue weighted by Crippen LogP contribution is -2.31. The van der Waals surface area contributed by atoms with Crippen LogP contribution in [0.25, 0.3) is 10.2 Å². The minimum Gasteiger partial charge on any atom is -0.494 e. The third-order valence-electron chi connectivity index (χ3n) is 4.05. The van der Waals surface area contributed by atoms with E-state index < -0.39 is 0 Å². The van der Waals surface area contributed by atoms with Gasteiger partial charge in [0, 0.05) is 4.88 Å². The summed E-state index contributed by atoms with van der Waals surface area (Å²) in [6.07, 6.45) is 1.80. The first kappa shape index (κ1) is 19.3. The van der Waals surface area contributed by atoms with Crippen molar-refractivity contribution in [2.45, 2.75) is 13.0 Å². The maximum absolute atomic E-state index is 13.1. The van der Waals surface area contributed by atoms with Gasteiger partial charge in [-0.2, -0.15) is 0 Å². The van der Waals surface area contributed by atoms with Gasteiger partial charge < -0.3 is 9.15 Å². The smallest absolute Gasteiger partial charge is 0.234 e. The summed E-state index contributed by atoms with van der Waals surface area (Å²) in [4.78, 5) is 20.2. The van der Waals surface area contributed by atoms with Gasteiger partial charge in [-0.25, -0.2) is 4.98 Å². The summed E-state index contributed by atoms with van der Waals surface area (Å²) >= 11 is 15.1. The fourth-order valence-electron chi connectivity index (χ4n) is 2.73. The summed E-state index contributed by atoms with van der Waals surface area (Å²) in [6.45, 7) is 0.269. The monoisotopic (exact) mass is 452 g/mol. The second kappa shape index (κ2) is 8.13. The lowest BCUT2D eigenvalue weighted by atomic mass is 10.3. The van der Waals surface area contributed by atoms with E-state index in [9.17, 15) is 4.79 Å². The molecule has 4 aromatic rings. The van der Waals surface area contributed by atoms with Crippen LogP contribution >= 0.6 is 45.9 Å². The van der Waals surface area contributed by atoms with Crippen molar-refractivity contribution in [3.63, 3.8) is 0 Å². The molecule has 28 heavy (non-hydrogen) atoms. The molecule has 5 nitrogen and oxygen atoms in total. The van der Waals surface area contributed by atoms with E-state index in [0.29, 0.717) is 31.5 Å². The number of nitrogens with zero attached hydrogens (tertiary/aromatic N) is 2. The van der Waals surface area contributed by atoms with E-state index in [0.717, 1.165) is 9.58 Å². The molecule has 3 aromatic heterocycles. The zero-order chi connectivity index (χ0) is 19.7. The number of amides is 1. The molecular formula is C19H14Cl2N2O3S2. The average Bonchev–Trinajstić information content (AvgIpc) is 3.41. The molecule has 0 aliphatic heterocycles. The molecule has 0 aliphatic carbocycles. The van der Waals surface area contributed by atoms with Gasteiger partial charge in [-0.15, -0.1) is 11.3 Å².